The van der Waals surface area contributed by atoms with Crippen LogP contribution in [0.4, 0.5) is 0 Å². The van der Waals surface area contributed by atoms with Crippen LogP contribution in [0.2, 0.25) is 0 Å². The van der Waals surface area contributed by atoms with Crippen molar-refractivity contribution >= 4 is 12.0 Å². The lowest BCUT2D eigenvalue weighted by Crippen LogP contribution is -2.16. The van der Waals surface area contributed by atoms with Gasteiger partial charge in [-0.1, -0.05) is 55.8 Å². The lowest BCUT2D eigenvalue weighted by molar-refractivity contribution is 0.0690. The molecule has 2 atom stereocenters. The third kappa shape index (κ3) is 4.13. The minimum Gasteiger partial charge on any atom is -0.476 e. The summed E-state index contributed by atoms with van der Waals surface area (Å²) in [7, 11) is 0. The van der Waals surface area contributed by atoms with Crippen LogP contribution in [-0.2, 0) is 6.42 Å². The van der Waals surface area contributed by atoms with E-state index in [0.717, 1.165) is 18.5 Å². The van der Waals surface area contributed by atoms with Crippen molar-refractivity contribution in [3.63, 3.8) is 0 Å². The predicted octanol–water partition coefficient (Wildman–Crippen LogP) is 4.72. The molecule has 0 spiro atoms. The topological polar surface area (TPSA) is 63.1 Å². The Kier molecular flexibility index (Phi) is 5.59. The highest BCUT2D eigenvalue weighted by atomic mass is 16.4. The summed E-state index contributed by atoms with van der Waals surface area (Å²) >= 11 is 0. The second-order valence-electron chi connectivity index (χ2n) is 6.77. The lowest BCUT2D eigenvalue weighted by atomic mass is 9.76. The van der Waals surface area contributed by atoms with Crippen LogP contribution < -0.4 is 0 Å². The molecule has 1 fully saturated rings. The highest BCUT2D eigenvalue weighted by Gasteiger charge is 2.24. The number of carboxylic acid groups (broad SMARTS) is 1. The Bertz CT molecular complexity index is 743. The number of hydrogen-bond acceptors (Lipinski definition) is 3. The zero-order valence-corrected chi connectivity index (χ0v) is 14.4. The maximum absolute atomic E-state index is 11.3. The number of nitrogens with zero attached hydrogens (tertiary/aromatic N) is 2. The minimum atomic E-state index is -1.03. The molecule has 0 amide bonds. The van der Waals surface area contributed by atoms with Crippen LogP contribution in [0.15, 0.2) is 43.2 Å². The van der Waals surface area contributed by atoms with Crippen molar-refractivity contribution in [3.8, 4) is 0 Å². The summed E-state index contributed by atoms with van der Waals surface area (Å²) in [6.07, 6.45) is 9.66. The van der Waals surface area contributed by atoms with Gasteiger partial charge in [-0.25, -0.2) is 14.8 Å². The van der Waals surface area contributed by atoms with Gasteiger partial charge in [0.2, 0.25) is 0 Å². The lowest BCUT2D eigenvalue weighted by Gasteiger charge is -2.29. The van der Waals surface area contributed by atoms with Crippen LogP contribution in [0.3, 0.4) is 0 Å². The molecule has 0 radical (unpaired) electrons. The number of benzene rings is 1. The molecular weight excluding hydrogens is 312 g/mol. The van der Waals surface area contributed by atoms with Crippen molar-refractivity contribution in [2.24, 2.45) is 5.92 Å². The molecule has 0 aliphatic heterocycles. The Morgan fingerprint density at radius 2 is 2.04 bits per heavy atom. The fourth-order valence-electron chi connectivity index (χ4n) is 3.94. The Labute approximate surface area is 148 Å². The second kappa shape index (κ2) is 8.06. The minimum absolute atomic E-state index is 0.0470. The second-order valence-corrected chi connectivity index (χ2v) is 6.77. The van der Waals surface area contributed by atoms with Crippen molar-refractivity contribution in [1.82, 2.24) is 9.97 Å². The number of carbonyl (C=O) groups is 1. The Hall–Kier alpha value is -2.49. The van der Waals surface area contributed by atoms with Gasteiger partial charge in [0.05, 0.1) is 5.69 Å². The van der Waals surface area contributed by atoms with Crippen LogP contribution in [-0.4, -0.2) is 21.0 Å². The molecule has 1 saturated carbocycles. The first kappa shape index (κ1) is 17.3. The first-order chi connectivity index (χ1) is 12.2. The maximum Gasteiger partial charge on any atom is 0.355 e. The van der Waals surface area contributed by atoms with Crippen LogP contribution in [0, 0.1) is 5.92 Å². The van der Waals surface area contributed by atoms with Crippen LogP contribution >= 0.6 is 0 Å². The van der Waals surface area contributed by atoms with Gasteiger partial charge in [-0.3, -0.25) is 0 Å². The fraction of sp³-hybridized carbons (Fsp3) is 0.381. The molecule has 3 rings (SSSR count). The zero-order valence-electron chi connectivity index (χ0n) is 14.4. The van der Waals surface area contributed by atoms with E-state index in [-0.39, 0.29) is 5.69 Å². The normalized spacial score (nSPS) is 20.2. The van der Waals surface area contributed by atoms with Gasteiger partial charge >= 0.3 is 5.97 Å². The maximum atomic E-state index is 11.3. The molecular formula is C21H24N2O2. The highest BCUT2D eigenvalue weighted by Crippen LogP contribution is 2.38. The molecule has 1 aliphatic carbocycles. The first-order valence-electron chi connectivity index (χ1n) is 8.93. The van der Waals surface area contributed by atoms with Gasteiger partial charge in [-0.2, -0.15) is 0 Å². The van der Waals surface area contributed by atoms with E-state index in [2.05, 4.69) is 46.9 Å². The molecule has 1 aromatic carbocycles. The van der Waals surface area contributed by atoms with Crippen LogP contribution in [0.25, 0.3) is 6.08 Å². The van der Waals surface area contributed by atoms with E-state index >= 15 is 0 Å². The van der Waals surface area contributed by atoms with Gasteiger partial charge in [-0.05, 0) is 43.1 Å². The van der Waals surface area contributed by atoms with Crippen molar-refractivity contribution in [2.75, 3.05) is 0 Å². The average Bonchev–Trinajstić information content (AvgIpc) is 2.66. The van der Waals surface area contributed by atoms with Gasteiger partial charge < -0.3 is 5.11 Å². The zero-order chi connectivity index (χ0) is 17.6. The van der Waals surface area contributed by atoms with E-state index in [1.807, 2.05) is 0 Å². The summed E-state index contributed by atoms with van der Waals surface area (Å²) in [5.41, 5.74) is 2.84. The van der Waals surface area contributed by atoms with Gasteiger partial charge in [0.15, 0.2) is 5.69 Å². The van der Waals surface area contributed by atoms with Crippen molar-refractivity contribution in [1.29, 1.82) is 0 Å². The Balaban J connectivity index is 1.67. The molecule has 0 bridgehead atoms. The molecule has 1 aliphatic rings. The standard InChI is InChI=1S/C21H24N2O2/c1-2-18-19(22-14-23-20(18)21(24)25)12-11-15-7-6-10-17(13-15)16-8-4-3-5-9-16/h2-5,8-9,14-15,17H,1,6-7,10-13H2,(H,24,25)/t15-,17-/m1/s1. The molecule has 1 heterocycles. The van der Waals surface area contributed by atoms with Crippen molar-refractivity contribution in [2.45, 2.75) is 44.4 Å². The fourth-order valence-corrected chi connectivity index (χ4v) is 3.94. The van der Waals surface area contributed by atoms with Crippen LogP contribution in [0.5, 0.6) is 0 Å². The first-order valence-corrected chi connectivity index (χ1v) is 8.93. The van der Waals surface area contributed by atoms with Crippen molar-refractivity contribution in [3.05, 3.63) is 65.8 Å². The molecule has 4 nitrogen and oxygen atoms in total. The van der Waals surface area contributed by atoms with E-state index in [1.165, 1.54) is 37.6 Å². The van der Waals surface area contributed by atoms with Crippen LogP contribution in [0.1, 0.15) is 65.3 Å². The number of aromatic carboxylic acids is 1. The number of aromatic nitrogens is 2. The van der Waals surface area contributed by atoms with Gasteiger partial charge in [-0.15, -0.1) is 0 Å². The average molecular weight is 336 g/mol. The highest BCUT2D eigenvalue weighted by molar-refractivity contribution is 5.90. The predicted molar refractivity (Wildman–Crippen MR) is 98.5 cm³/mol. The Morgan fingerprint density at radius 3 is 2.76 bits per heavy atom. The van der Waals surface area contributed by atoms with Gasteiger partial charge in [0.1, 0.15) is 6.33 Å². The third-order valence-electron chi connectivity index (χ3n) is 5.22. The Morgan fingerprint density at radius 1 is 1.24 bits per heavy atom. The van der Waals surface area contributed by atoms with Gasteiger partial charge in [0, 0.05) is 5.56 Å². The number of aryl methyl sites for hydroxylation is 1. The van der Waals surface area contributed by atoms with E-state index in [4.69, 9.17) is 0 Å². The molecule has 25 heavy (non-hydrogen) atoms. The summed E-state index contributed by atoms with van der Waals surface area (Å²) in [5.74, 6) is 0.263. The summed E-state index contributed by atoms with van der Waals surface area (Å²) in [4.78, 5) is 19.5. The van der Waals surface area contributed by atoms with E-state index < -0.39 is 5.97 Å². The van der Waals surface area contributed by atoms with Crippen molar-refractivity contribution < 1.29 is 9.90 Å². The monoisotopic (exact) mass is 336 g/mol. The molecule has 2 aromatic rings. The largest absolute Gasteiger partial charge is 0.476 e. The summed E-state index contributed by atoms with van der Waals surface area (Å²) in [6.45, 7) is 3.74. The molecule has 1 aromatic heterocycles. The molecule has 1 N–H and O–H groups in total. The quantitative estimate of drug-likeness (QED) is 0.828. The van der Waals surface area contributed by atoms with E-state index in [1.54, 1.807) is 6.08 Å². The number of rotatable bonds is 6. The molecule has 4 heteroatoms. The summed E-state index contributed by atoms with van der Waals surface area (Å²) in [6, 6.07) is 10.8. The van der Waals surface area contributed by atoms with E-state index in [0.29, 0.717) is 17.4 Å². The molecule has 0 unspecified atom stereocenters. The van der Waals surface area contributed by atoms with Gasteiger partial charge in [0.25, 0.3) is 0 Å². The summed E-state index contributed by atoms with van der Waals surface area (Å²) < 4.78 is 0. The number of carboxylic acids is 1. The molecule has 0 saturated heterocycles. The molecule has 130 valence electrons. The summed E-state index contributed by atoms with van der Waals surface area (Å²) in [5, 5.41) is 9.26. The third-order valence-corrected chi connectivity index (χ3v) is 5.22. The number of hydrogen-bond donors (Lipinski definition) is 1. The van der Waals surface area contributed by atoms with E-state index in [9.17, 15) is 9.90 Å². The SMILES string of the molecule is C=Cc1c(CC[C@H]2CCC[C@@H](c3ccccc3)C2)ncnc1C(=O)O. The smallest absolute Gasteiger partial charge is 0.355 e.